The zero-order valence-corrected chi connectivity index (χ0v) is 12.9. The Morgan fingerprint density at radius 3 is 2.19 bits per heavy atom. The van der Waals surface area contributed by atoms with E-state index in [-0.39, 0.29) is 5.92 Å². The average Bonchev–Trinajstić information content (AvgIpc) is 2.93. The van der Waals surface area contributed by atoms with E-state index in [2.05, 4.69) is 0 Å². The highest BCUT2D eigenvalue weighted by Crippen LogP contribution is 2.70. The first-order valence-corrected chi connectivity index (χ1v) is 7.92. The van der Waals surface area contributed by atoms with E-state index in [4.69, 9.17) is 9.47 Å². The normalized spacial score (nSPS) is 35.5. The molecule has 21 heavy (non-hydrogen) atoms. The van der Waals surface area contributed by atoms with Crippen molar-refractivity contribution < 1.29 is 14.3 Å². The van der Waals surface area contributed by atoms with E-state index in [1.54, 1.807) is 14.2 Å². The van der Waals surface area contributed by atoms with Crippen LogP contribution in [-0.2, 0) is 0 Å². The van der Waals surface area contributed by atoms with Crippen molar-refractivity contribution in [3.8, 4) is 11.5 Å². The standard InChI is InChI=1S/C18H22O3/c1-9-6-13(20-2)14(21-3)8-12(9)18(19)17-15-10-4-5-11(7-10)16(15)17/h6,8,10-11,15-17H,4-5,7H2,1-3H3. The summed E-state index contributed by atoms with van der Waals surface area (Å²) in [5.74, 6) is 4.99. The maximum Gasteiger partial charge on any atom is 0.166 e. The fourth-order valence-corrected chi connectivity index (χ4v) is 5.10. The van der Waals surface area contributed by atoms with Gasteiger partial charge in [0.05, 0.1) is 14.2 Å². The molecule has 4 unspecified atom stereocenters. The van der Waals surface area contributed by atoms with E-state index in [9.17, 15) is 4.79 Å². The van der Waals surface area contributed by atoms with Gasteiger partial charge < -0.3 is 9.47 Å². The zero-order valence-electron chi connectivity index (χ0n) is 12.9. The molecule has 3 fully saturated rings. The lowest BCUT2D eigenvalue weighted by Crippen LogP contribution is -2.12. The Morgan fingerprint density at radius 2 is 1.62 bits per heavy atom. The molecule has 0 heterocycles. The second-order valence-corrected chi connectivity index (χ2v) is 6.90. The van der Waals surface area contributed by atoms with E-state index in [0.29, 0.717) is 29.1 Å². The molecule has 112 valence electrons. The van der Waals surface area contributed by atoms with Gasteiger partial charge in [0.1, 0.15) is 0 Å². The molecule has 4 rings (SSSR count). The second-order valence-electron chi connectivity index (χ2n) is 6.90. The fraction of sp³-hybridized carbons (Fsp3) is 0.611. The van der Waals surface area contributed by atoms with Crippen LogP contribution < -0.4 is 9.47 Å². The first-order valence-electron chi connectivity index (χ1n) is 7.92. The van der Waals surface area contributed by atoms with E-state index >= 15 is 0 Å². The van der Waals surface area contributed by atoms with Crippen molar-refractivity contribution in [3.05, 3.63) is 23.3 Å². The molecule has 2 bridgehead atoms. The van der Waals surface area contributed by atoms with Crippen LogP contribution in [0.25, 0.3) is 0 Å². The van der Waals surface area contributed by atoms with E-state index in [1.807, 2.05) is 19.1 Å². The molecule has 0 spiro atoms. The van der Waals surface area contributed by atoms with Crippen molar-refractivity contribution >= 4 is 5.78 Å². The second kappa shape index (κ2) is 4.49. The summed E-state index contributed by atoms with van der Waals surface area (Å²) in [6.45, 7) is 1.99. The summed E-state index contributed by atoms with van der Waals surface area (Å²) in [6, 6.07) is 3.78. The van der Waals surface area contributed by atoms with Gasteiger partial charge in [-0.2, -0.15) is 0 Å². The number of ketones is 1. The summed E-state index contributed by atoms with van der Waals surface area (Å²) in [7, 11) is 3.25. The highest BCUT2D eigenvalue weighted by Gasteiger charge is 2.67. The van der Waals surface area contributed by atoms with Crippen LogP contribution in [0.2, 0.25) is 0 Å². The fourth-order valence-electron chi connectivity index (χ4n) is 5.10. The van der Waals surface area contributed by atoms with Gasteiger partial charge in [0.25, 0.3) is 0 Å². The molecule has 3 aliphatic carbocycles. The molecule has 3 nitrogen and oxygen atoms in total. The molecule has 3 saturated carbocycles. The molecule has 0 aliphatic heterocycles. The molecule has 1 aromatic carbocycles. The molecule has 0 saturated heterocycles. The van der Waals surface area contributed by atoms with Crippen LogP contribution in [0.5, 0.6) is 11.5 Å². The summed E-state index contributed by atoms with van der Waals surface area (Å²) < 4.78 is 10.7. The maximum atomic E-state index is 12.9. The number of rotatable bonds is 4. The molecular formula is C18H22O3. The molecule has 4 atom stereocenters. The summed E-state index contributed by atoms with van der Waals surface area (Å²) in [5.41, 5.74) is 1.82. The molecule has 3 aliphatic rings. The zero-order chi connectivity index (χ0) is 14.7. The summed E-state index contributed by atoms with van der Waals surface area (Å²) in [6.07, 6.45) is 4.07. The van der Waals surface area contributed by atoms with Gasteiger partial charge in [-0.1, -0.05) is 0 Å². The van der Waals surface area contributed by atoms with Crippen LogP contribution in [-0.4, -0.2) is 20.0 Å². The Bertz CT molecular complexity index is 591. The van der Waals surface area contributed by atoms with Gasteiger partial charge in [0, 0.05) is 11.5 Å². The van der Waals surface area contributed by atoms with Gasteiger partial charge in [0.2, 0.25) is 0 Å². The van der Waals surface area contributed by atoms with Crippen LogP contribution >= 0.6 is 0 Å². The third kappa shape index (κ3) is 1.76. The van der Waals surface area contributed by atoms with Crippen LogP contribution in [0.3, 0.4) is 0 Å². The van der Waals surface area contributed by atoms with Gasteiger partial charge in [-0.05, 0) is 67.6 Å². The van der Waals surface area contributed by atoms with Crippen LogP contribution in [0, 0.1) is 36.5 Å². The van der Waals surface area contributed by atoms with E-state index in [1.165, 1.54) is 19.3 Å². The van der Waals surface area contributed by atoms with Gasteiger partial charge in [-0.15, -0.1) is 0 Å². The number of aryl methyl sites for hydroxylation is 1. The van der Waals surface area contributed by atoms with E-state index < -0.39 is 0 Å². The number of fused-ring (bicyclic) bond motifs is 5. The van der Waals surface area contributed by atoms with Crippen molar-refractivity contribution in [1.82, 2.24) is 0 Å². The van der Waals surface area contributed by atoms with Crippen LogP contribution in [0.15, 0.2) is 12.1 Å². The highest BCUT2D eigenvalue weighted by atomic mass is 16.5. The minimum atomic E-state index is 0.285. The predicted octanol–water partition coefficient (Wildman–Crippen LogP) is 3.49. The Kier molecular flexibility index (Phi) is 2.82. The Morgan fingerprint density at radius 1 is 1.05 bits per heavy atom. The van der Waals surface area contributed by atoms with Crippen LogP contribution in [0.4, 0.5) is 0 Å². The molecule has 0 radical (unpaired) electrons. The largest absolute Gasteiger partial charge is 0.493 e. The number of ether oxygens (including phenoxy) is 2. The number of benzene rings is 1. The van der Waals surface area contributed by atoms with Crippen molar-refractivity contribution in [2.45, 2.75) is 26.2 Å². The topological polar surface area (TPSA) is 35.5 Å². The predicted molar refractivity (Wildman–Crippen MR) is 79.9 cm³/mol. The number of carbonyl (C=O) groups is 1. The number of Topliss-reactive ketones (excluding diaryl/α,β-unsaturated/α-hetero) is 1. The van der Waals surface area contributed by atoms with Crippen molar-refractivity contribution in [3.63, 3.8) is 0 Å². The smallest absolute Gasteiger partial charge is 0.166 e. The molecule has 0 aromatic heterocycles. The monoisotopic (exact) mass is 286 g/mol. The summed E-state index contributed by atoms with van der Waals surface area (Å²) in [4.78, 5) is 12.9. The lowest BCUT2D eigenvalue weighted by Gasteiger charge is -2.13. The third-order valence-corrected chi connectivity index (χ3v) is 6.03. The quantitative estimate of drug-likeness (QED) is 0.795. The first kappa shape index (κ1) is 13.2. The average molecular weight is 286 g/mol. The molecule has 1 aromatic rings. The van der Waals surface area contributed by atoms with Crippen molar-refractivity contribution in [1.29, 1.82) is 0 Å². The first-order chi connectivity index (χ1) is 10.2. The number of carbonyl (C=O) groups excluding carboxylic acids is 1. The lowest BCUT2D eigenvalue weighted by atomic mass is 9.94. The number of methoxy groups -OCH3 is 2. The van der Waals surface area contributed by atoms with Crippen molar-refractivity contribution in [2.24, 2.45) is 29.6 Å². The molecule has 0 amide bonds. The number of hydrogen-bond donors (Lipinski definition) is 0. The Labute approximate surface area is 125 Å². The molecule has 0 N–H and O–H groups in total. The van der Waals surface area contributed by atoms with Gasteiger partial charge in [-0.3, -0.25) is 4.79 Å². The Balaban J connectivity index is 1.64. The van der Waals surface area contributed by atoms with Gasteiger partial charge >= 0.3 is 0 Å². The van der Waals surface area contributed by atoms with Crippen LogP contribution in [0.1, 0.15) is 35.2 Å². The lowest BCUT2D eigenvalue weighted by molar-refractivity contribution is 0.0943. The third-order valence-electron chi connectivity index (χ3n) is 6.03. The minimum absolute atomic E-state index is 0.285. The highest BCUT2D eigenvalue weighted by molar-refractivity contribution is 6.02. The SMILES string of the molecule is COc1cc(C)c(C(=O)C2C3C4CCC(C4)C23)cc1OC. The van der Waals surface area contributed by atoms with Crippen molar-refractivity contribution in [2.75, 3.05) is 14.2 Å². The number of hydrogen-bond acceptors (Lipinski definition) is 3. The minimum Gasteiger partial charge on any atom is -0.493 e. The Hall–Kier alpha value is -1.51. The van der Waals surface area contributed by atoms with E-state index in [0.717, 1.165) is 23.0 Å². The summed E-state index contributed by atoms with van der Waals surface area (Å²) >= 11 is 0. The molecule has 3 heteroatoms. The maximum absolute atomic E-state index is 12.9. The van der Waals surface area contributed by atoms with Gasteiger partial charge in [-0.25, -0.2) is 0 Å². The molecular weight excluding hydrogens is 264 g/mol. The summed E-state index contributed by atoms with van der Waals surface area (Å²) in [5, 5.41) is 0. The van der Waals surface area contributed by atoms with Gasteiger partial charge in [0.15, 0.2) is 17.3 Å².